The number of para-hydroxylation sites is 1. The molecule has 6 nitrogen and oxygen atoms in total. The minimum atomic E-state index is -3.90. The number of sulfonamides is 1. The third kappa shape index (κ3) is 2.52. The number of carbonyl (C=O) groups is 1. The summed E-state index contributed by atoms with van der Waals surface area (Å²) in [5.41, 5.74) is 1.11. The Kier molecular flexibility index (Phi) is 3.81. The fourth-order valence-corrected chi connectivity index (χ4v) is 3.94. The van der Waals surface area contributed by atoms with Crippen molar-refractivity contribution < 1.29 is 18.3 Å². The van der Waals surface area contributed by atoms with Gasteiger partial charge in [0, 0.05) is 18.3 Å². The molecule has 0 fully saturated rings. The van der Waals surface area contributed by atoms with Gasteiger partial charge in [-0.25, -0.2) is 8.42 Å². The van der Waals surface area contributed by atoms with E-state index in [1.54, 1.807) is 49.4 Å². The van der Waals surface area contributed by atoms with E-state index < -0.39 is 15.9 Å². The number of hydrogen-bond donors (Lipinski definition) is 2. The van der Waals surface area contributed by atoms with E-state index in [0.29, 0.717) is 5.69 Å². The van der Waals surface area contributed by atoms with Crippen LogP contribution < -0.4 is 5.32 Å². The molecule has 1 amide bonds. The Hall–Kier alpha value is -2.80. The molecule has 2 aromatic rings. The summed E-state index contributed by atoms with van der Waals surface area (Å²) in [5.74, 6) is -1.06. The number of hydrogen-bond acceptors (Lipinski definition) is 4. The zero-order valence-corrected chi connectivity index (χ0v) is 14.0. The Morgan fingerprint density at radius 3 is 2.46 bits per heavy atom. The molecular weight excluding hydrogens is 328 g/mol. The van der Waals surface area contributed by atoms with Gasteiger partial charge in [-0.2, -0.15) is 0 Å². The summed E-state index contributed by atoms with van der Waals surface area (Å²) < 4.78 is 26.1. The van der Waals surface area contributed by atoms with Gasteiger partial charge in [-0.15, -0.1) is 0 Å². The molecule has 0 atom stereocenters. The summed E-state index contributed by atoms with van der Waals surface area (Å²) in [6, 6.07) is 13.2. The molecule has 0 radical (unpaired) electrons. The highest BCUT2D eigenvalue weighted by Crippen LogP contribution is 2.35. The van der Waals surface area contributed by atoms with Crippen LogP contribution in [0, 0.1) is 6.92 Å². The number of carbonyl (C=O) groups excluding carboxylic acids is 1. The van der Waals surface area contributed by atoms with Crippen LogP contribution in [0.2, 0.25) is 0 Å². The van der Waals surface area contributed by atoms with Crippen LogP contribution in [0.3, 0.4) is 0 Å². The second kappa shape index (κ2) is 5.68. The number of aliphatic hydroxyl groups is 1. The molecule has 2 aromatic carbocycles. The molecule has 0 spiro atoms. The van der Waals surface area contributed by atoms with Crippen molar-refractivity contribution >= 4 is 27.4 Å². The summed E-state index contributed by atoms with van der Waals surface area (Å²) in [6.07, 6.45) is 0. The lowest BCUT2D eigenvalue weighted by atomic mass is 10.1. The average Bonchev–Trinajstić information content (AvgIpc) is 2.54. The van der Waals surface area contributed by atoms with Gasteiger partial charge in [-0.3, -0.25) is 9.10 Å². The first-order chi connectivity index (χ1) is 11.3. The molecule has 0 saturated carbocycles. The molecule has 7 heteroatoms. The van der Waals surface area contributed by atoms with E-state index in [4.69, 9.17) is 0 Å². The van der Waals surface area contributed by atoms with Gasteiger partial charge in [0.25, 0.3) is 15.9 Å². The van der Waals surface area contributed by atoms with Crippen LogP contribution in [0.15, 0.2) is 59.1 Å². The van der Waals surface area contributed by atoms with Gasteiger partial charge in [0.2, 0.25) is 0 Å². The van der Waals surface area contributed by atoms with E-state index in [-0.39, 0.29) is 21.9 Å². The van der Waals surface area contributed by atoms with Crippen molar-refractivity contribution in [2.75, 3.05) is 12.4 Å². The largest absolute Gasteiger partial charge is 0.505 e. The Morgan fingerprint density at radius 1 is 1.12 bits per heavy atom. The standard InChI is InChI=1S/C17H16N2O4S/c1-11-8-9-14-13(10-11)16(20)15(19(2)24(14,22)23)17(21)18-12-6-4-3-5-7-12/h3-10,20H,1-2H3,(H,18,21). The maximum atomic E-state index is 12.6. The number of nitrogens with one attached hydrogen (secondary N) is 1. The number of rotatable bonds is 2. The smallest absolute Gasteiger partial charge is 0.276 e. The van der Waals surface area contributed by atoms with Crippen molar-refractivity contribution in [3.8, 4) is 0 Å². The van der Waals surface area contributed by atoms with Crippen LogP contribution in [0.1, 0.15) is 11.1 Å². The Morgan fingerprint density at radius 2 is 1.79 bits per heavy atom. The number of anilines is 1. The van der Waals surface area contributed by atoms with Crippen molar-refractivity contribution in [2.24, 2.45) is 0 Å². The van der Waals surface area contributed by atoms with E-state index in [1.165, 1.54) is 13.1 Å². The summed E-state index contributed by atoms with van der Waals surface area (Å²) in [5, 5.41) is 13.1. The highest BCUT2D eigenvalue weighted by Gasteiger charge is 2.37. The molecule has 3 rings (SSSR count). The number of amides is 1. The molecular formula is C17H16N2O4S. The monoisotopic (exact) mass is 344 g/mol. The van der Waals surface area contributed by atoms with Gasteiger partial charge in [0.15, 0.2) is 11.5 Å². The zero-order valence-electron chi connectivity index (χ0n) is 13.1. The third-order valence-electron chi connectivity index (χ3n) is 3.81. The number of aliphatic hydroxyl groups excluding tert-OH is 1. The quantitative estimate of drug-likeness (QED) is 0.876. The third-order valence-corrected chi connectivity index (χ3v) is 5.63. The van der Waals surface area contributed by atoms with Gasteiger partial charge in [0.1, 0.15) is 0 Å². The van der Waals surface area contributed by atoms with Gasteiger partial charge in [0.05, 0.1) is 4.90 Å². The maximum Gasteiger partial charge on any atom is 0.276 e. The van der Waals surface area contributed by atoms with Crippen LogP contribution in [-0.2, 0) is 14.8 Å². The lowest BCUT2D eigenvalue weighted by molar-refractivity contribution is -0.113. The first kappa shape index (κ1) is 16.1. The molecule has 124 valence electrons. The second-order valence-electron chi connectivity index (χ2n) is 5.49. The Balaban J connectivity index is 2.12. The fraction of sp³-hybridized carbons (Fsp3) is 0.118. The number of benzene rings is 2. The van der Waals surface area contributed by atoms with Crippen molar-refractivity contribution in [1.82, 2.24) is 4.31 Å². The minimum Gasteiger partial charge on any atom is -0.505 e. The van der Waals surface area contributed by atoms with Crippen molar-refractivity contribution in [1.29, 1.82) is 0 Å². The van der Waals surface area contributed by atoms with Crippen molar-refractivity contribution in [3.05, 3.63) is 65.4 Å². The number of likely N-dealkylation sites (N-methyl/N-ethyl adjacent to an activating group) is 1. The maximum absolute atomic E-state index is 12.6. The van der Waals surface area contributed by atoms with E-state index in [0.717, 1.165) is 9.87 Å². The van der Waals surface area contributed by atoms with Crippen LogP contribution in [-0.4, -0.2) is 30.8 Å². The molecule has 0 bridgehead atoms. The SMILES string of the molecule is Cc1ccc2c(c1)C(O)=C(C(=O)Nc1ccccc1)N(C)S2(=O)=O. The molecule has 0 aromatic heterocycles. The summed E-state index contributed by atoms with van der Waals surface area (Å²) in [7, 11) is -2.66. The summed E-state index contributed by atoms with van der Waals surface area (Å²) in [4.78, 5) is 12.5. The van der Waals surface area contributed by atoms with Gasteiger partial charge < -0.3 is 10.4 Å². The van der Waals surface area contributed by atoms with Gasteiger partial charge in [-0.1, -0.05) is 29.8 Å². The molecule has 1 aliphatic heterocycles. The summed E-state index contributed by atoms with van der Waals surface area (Å²) >= 11 is 0. The van der Waals surface area contributed by atoms with Crippen LogP contribution in [0.25, 0.3) is 5.76 Å². The molecule has 0 unspecified atom stereocenters. The first-order valence-electron chi connectivity index (χ1n) is 7.22. The lowest BCUT2D eigenvalue weighted by Crippen LogP contribution is -2.37. The average molecular weight is 344 g/mol. The lowest BCUT2D eigenvalue weighted by Gasteiger charge is -2.28. The normalized spacial score (nSPS) is 15.8. The molecule has 1 heterocycles. The second-order valence-corrected chi connectivity index (χ2v) is 7.43. The van der Waals surface area contributed by atoms with Crippen LogP contribution in [0.4, 0.5) is 5.69 Å². The van der Waals surface area contributed by atoms with Gasteiger partial charge in [-0.05, 0) is 31.2 Å². The Labute approximate surface area is 140 Å². The topological polar surface area (TPSA) is 86.7 Å². The number of aryl methyl sites for hydroxylation is 1. The molecule has 2 N–H and O–H groups in total. The van der Waals surface area contributed by atoms with E-state index in [1.807, 2.05) is 0 Å². The highest BCUT2D eigenvalue weighted by atomic mass is 32.2. The number of nitrogens with zero attached hydrogens (tertiary/aromatic N) is 1. The molecule has 0 saturated heterocycles. The van der Waals surface area contributed by atoms with Crippen LogP contribution in [0.5, 0.6) is 0 Å². The predicted octanol–water partition coefficient (Wildman–Crippen LogP) is 2.49. The fourth-order valence-electron chi connectivity index (χ4n) is 2.56. The predicted molar refractivity (Wildman–Crippen MR) is 90.7 cm³/mol. The van der Waals surface area contributed by atoms with E-state index in [9.17, 15) is 18.3 Å². The van der Waals surface area contributed by atoms with Gasteiger partial charge >= 0.3 is 0 Å². The molecule has 0 aliphatic carbocycles. The van der Waals surface area contributed by atoms with E-state index in [2.05, 4.69) is 5.32 Å². The zero-order chi connectivity index (χ0) is 17.5. The van der Waals surface area contributed by atoms with Crippen molar-refractivity contribution in [2.45, 2.75) is 11.8 Å². The number of fused-ring (bicyclic) bond motifs is 1. The molecule has 1 aliphatic rings. The Bertz CT molecular complexity index is 950. The summed E-state index contributed by atoms with van der Waals surface area (Å²) in [6.45, 7) is 1.78. The van der Waals surface area contributed by atoms with E-state index >= 15 is 0 Å². The first-order valence-corrected chi connectivity index (χ1v) is 8.66. The van der Waals surface area contributed by atoms with Crippen LogP contribution >= 0.6 is 0 Å². The molecule has 24 heavy (non-hydrogen) atoms. The highest BCUT2D eigenvalue weighted by molar-refractivity contribution is 7.89. The minimum absolute atomic E-state index is 0.0237. The van der Waals surface area contributed by atoms with Crippen molar-refractivity contribution in [3.63, 3.8) is 0 Å².